The first-order valence-electron chi connectivity index (χ1n) is 3.97. The topological polar surface area (TPSA) is 32.3 Å². The fourth-order valence-corrected chi connectivity index (χ4v) is 2.10. The molecule has 0 spiro atoms. The van der Waals surface area contributed by atoms with E-state index in [1.54, 1.807) is 6.07 Å². The summed E-state index contributed by atoms with van der Waals surface area (Å²) in [6, 6.07) is 5.54. The summed E-state index contributed by atoms with van der Waals surface area (Å²) in [4.78, 5) is 0. The van der Waals surface area contributed by atoms with Crippen molar-refractivity contribution in [3.63, 3.8) is 0 Å². The number of phenolic OH excluding ortho intramolecular Hbond substituents is 1. The lowest BCUT2D eigenvalue weighted by Crippen LogP contribution is -2.40. The van der Waals surface area contributed by atoms with Gasteiger partial charge >= 0.3 is 0 Å². The van der Waals surface area contributed by atoms with Gasteiger partial charge in [-0.25, -0.2) is 0 Å². The van der Waals surface area contributed by atoms with Crippen molar-refractivity contribution in [3.05, 3.63) is 28.2 Å². The monoisotopic (exact) mass is 227 g/mol. The molecule has 0 amide bonds. The normalized spacial score (nSPS) is 17.4. The Kier molecular flexibility index (Phi) is 2.07. The predicted molar refractivity (Wildman–Crippen MR) is 51.4 cm³/mol. The first-order chi connectivity index (χ1) is 5.79. The molecular formula is C9H10BrNO. The third-order valence-corrected chi connectivity index (χ3v) is 2.91. The predicted octanol–water partition coefficient (Wildman–Crippen LogP) is 1.84. The van der Waals surface area contributed by atoms with Crippen LogP contribution in [0.1, 0.15) is 11.5 Å². The van der Waals surface area contributed by atoms with Gasteiger partial charge in [0.05, 0.1) is 0 Å². The molecule has 3 heteroatoms. The van der Waals surface area contributed by atoms with Gasteiger partial charge in [-0.1, -0.05) is 22.0 Å². The molecule has 0 aliphatic carbocycles. The molecule has 0 unspecified atom stereocenters. The first-order valence-corrected chi connectivity index (χ1v) is 4.76. The molecule has 0 atom stereocenters. The highest BCUT2D eigenvalue weighted by Gasteiger charge is 2.23. The fourth-order valence-electron chi connectivity index (χ4n) is 1.42. The van der Waals surface area contributed by atoms with Crippen molar-refractivity contribution in [1.29, 1.82) is 0 Å². The van der Waals surface area contributed by atoms with E-state index in [9.17, 15) is 5.11 Å². The molecule has 2 rings (SSSR count). The zero-order chi connectivity index (χ0) is 8.55. The van der Waals surface area contributed by atoms with Crippen LogP contribution in [0.2, 0.25) is 0 Å². The van der Waals surface area contributed by atoms with Gasteiger partial charge in [0, 0.05) is 29.0 Å². The largest absolute Gasteiger partial charge is 0.508 e. The van der Waals surface area contributed by atoms with Crippen LogP contribution >= 0.6 is 15.9 Å². The van der Waals surface area contributed by atoms with E-state index in [0.29, 0.717) is 11.7 Å². The summed E-state index contributed by atoms with van der Waals surface area (Å²) in [5, 5.41) is 12.8. The number of nitrogens with one attached hydrogen (secondary N) is 1. The van der Waals surface area contributed by atoms with Gasteiger partial charge in [0.2, 0.25) is 0 Å². The Morgan fingerprint density at radius 1 is 1.42 bits per heavy atom. The minimum Gasteiger partial charge on any atom is -0.508 e. The summed E-state index contributed by atoms with van der Waals surface area (Å²) in [5.74, 6) is 0.872. The molecule has 0 radical (unpaired) electrons. The SMILES string of the molecule is Oc1cccc(Br)c1C1CNC1. The van der Waals surface area contributed by atoms with Crippen LogP contribution in [0.4, 0.5) is 0 Å². The van der Waals surface area contributed by atoms with E-state index in [-0.39, 0.29) is 0 Å². The molecule has 1 heterocycles. The zero-order valence-electron chi connectivity index (χ0n) is 6.55. The van der Waals surface area contributed by atoms with Crippen LogP contribution in [0, 0.1) is 0 Å². The van der Waals surface area contributed by atoms with Crippen molar-refractivity contribution >= 4 is 15.9 Å². The van der Waals surface area contributed by atoms with E-state index in [0.717, 1.165) is 23.1 Å². The van der Waals surface area contributed by atoms with Crippen molar-refractivity contribution in [3.8, 4) is 5.75 Å². The molecule has 0 aromatic heterocycles. The maximum atomic E-state index is 9.57. The summed E-state index contributed by atoms with van der Waals surface area (Å²) in [5.41, 5.74) is 1.04. The van der Waals surface area contributed by atoms with Crippen LogP contribution in [0.25, 0.3) is 0 Å². The van der Waals surface area contributed by atoms with Gasteiger partial charge in [-0.15, -0.1) is 0 Å². The van der Waals surface area contributed by atoms with E-state index >= 15 is 0 Å². The highest BCUT2D eigenvalue weighted by Crippen LogP contribution is 2.34. The van der Waals surface area contributed by atoms with Crippen molar-refractivity contribution in [2.24, 2.45) is 0 Å². The average molecular weight is 228 g/mol. The van der Waals surface area contributed by atoms with Crippen LogP contribution in [-0.4, -0.2) is 18.2 Å². The molecule has 1 aromatic rings. The number of hydrogen-bond acceptors (Lipinski definition) is 2. The molecule has 1 aliphatic heterocycles. The molecule has 0 saturated carbocycles. The third kappa shape index (κ3) is 1.23. The lowest BCUT2D eigenvalue weighted by Gasteiger charge is -2.28. The van der Waals surface area contributed by atoms with Gasteiger partial charge in [0.1, 0.15) is 5.75 Å². The number of benzene rings is 1. The summed E-state index contributed by atoms with van der Waals surface area (Å²) in [7, 11) is 0. The van der Waals surface area contributed by atoms with Crippen LogP contribution in [-0.2, 0) is 0 Å². The van der Waals surface area contributed by atoms with Crippen molar-refractivity contribution in [1.82, 2.24) is 5.32 Å². The van der Waals surface area contributed by atoms with Crippen molar-refractivity contribution in [2.75, 3.05) is 13.1 Å². The maximum Gasteiger partial charge on any atom is 0.120 e. The lowest BCUT2D eigenvalue weighted by molar-refractivity contribution is 0.412. The summed E-state index contributed by atoms with van der Waals surface area (Å²) in [6.07, 6.45) is 0. The Balaban J connectivity index is 2.39. The second kappa shape index (κ2) is 3.07. The summed E-state index contributed by atoms with van der Waals surface area (Å²) >= 11 is 3.43. The molecule has 12 heavy (non-hydrogen) atoms. The molecule has 1 aliphatic rings. The minimum atomic E-state index is 0.399. The van der Waals surface area contributed by atoms with Crippen LogP contribution in [0.3, 0.4) is 0 Å². The molecule has 1 fully saturated rings. The van der Waals surface area contributed by atoms with Gasteiger partial charge in [-0.05, 0) is 12.1 Å². The summed E-state index contributed by atoms with van der Waals surface area (Å²) in [6.45, 7) is 1.94. The Morgan fingerprint density at radius 3 is 2.67 bits per heavy atom. The molecule has 1 saturated heterocycles. The van der Waals surface area contributed by atoms with Crippen molar-refractivity contribution < 1.29 is 5.11 Å². The van der Waals surface area contributed by atoms with E-state index in [4.69, 9.17) is 0 Å². The second-order valence-electron chi connectivity index (χ2n) is 3.03. The van der Waals surface area contributed by atoms with E-state index in [2.05, 4.69) is 21.2 Å². The Hall–Kier alpha value is -0.540. The Labute approximate surface area is 79.7 Å². The van der Waals surface area contributed by atoms with Gasteiger partial charge in [-0.2, -0.15) is 0 Å². The molecule has 1 aromatic carbocycles. The van der Waals surface area contributed by atoms with Gasteiger partial charge in [0.25, 0.3) is 0 Å². The Morgan fingerprint density at radius 2 is 2.17 bits per heavy atom. The maximum absolute atomic E-state index is 9.57. The number of phenols is 1. The lowest BCUT2D eigenvalue weighted by atomic mass is 9.93. The van der Waals surface area contributed by atoms with E-state index in [1.165, 1.54) is 0 Å². The van der Waals surface area contributed by atoms with Gasteiger partial charge < -0.3 is 10.4 Å². The average Bonchev–Trinajstić information content (AvgIpc) is 1.93. The summed E-state index contributed by atoms with van der Waals surface area (Å²) < 4.78 is 1.01. The fraction of sp³-hybridized carbons (Fsp3) is 0.333. The number of hydrogen-bond donors (Lipinski definition) is 2. The van der Waals surface area contributed by atoms with Crippen LogP contribution in [0.5, 0.6) is 5.75 Å². The third-order valence-electron chi connectivity index (χ3n) is 2.22. The molecule has 0 bridgehead atoms. The first kappa shape index (κ1) is 8.08. The number of aromatic hydroxyl groups is 1. The highest BCUT2D eigenvalue weighted by atomic mass is 79.9. The highest BCUT2D eigenvalue weighted by molar-refractivity contribution is 9.10. The van der Waals surface area contributed by atoms with Crippen LogP contribution < -0.4 is 5.32 Å². The smallest absolute Gasteiger partial charge is 0.120 e. The standard InChI is InChI=1S/C9H10BrNO/c10-7-2-1-3-8(12)9(7)6-4-11-5-6/h1-3,6,11-12H,4-5H2. The second-order valence-corrected chi connectivity index (χ2v) is 3.88. The van der Waals surface area contributed by atoms with Gasteiger partial charge in [0.15, 0.2) is 0 Å². The minimum absolute atomic E-state index is 0.399. The number of rotatable bonds is 1. The van der Waals surface area contributed by atoms with Gasteiger partial charge in [-0.3, -0.25) is 0 Å². The quantitative estimate of drug-likeness (QED) is 0.768. The number of halogens is 1. The molecule has 2 N–H and O–H groups in total. The zero-order valence-corrected chi connectivity index (χ0v) is 8.13. The molecule has 2 nitrogen and oxygen atoms in total. The molecular weight excluding hydrogens is 218 g/mol. The van der Waals surface area contributed by atoms with Crippen molar-refractivity contribution in [2.45, 2.75) is 5.92 Å². The van der Waals surface area contributed by atoms with Crippen LogP contribution in [0.15, 0.2) is 22.7 Å². The Bertz CT molecular complexity index is 276. The molecule has 64 valence electrons. The van der Waals surface area contributed by atoms with E-state index < -0.39 is 0 Å². The van der Waals surface area contributed by atoms with E-state index in [1.807, 2.05) is 12.1 Å².